The number of halogens is 1. The van der Waals surface area contributed by atoms with Crippen LogP contribution in [0.25, 0.3) is 0 Å². The monoisotopic (exact) mass is 354 g/mol. The Morgan fingerprint density at radius 3 is 2.52 bits per heavy atom. The van der Waals surface area contributed by atoms with E-state index < -0.39 is 9.85 Å². The van der Waals surface area contributed by atoms with E-state index >= 15 is 0 Å². The maximum Gasteiger partial charge on any atom is 0.287 e. The van der Waals surface area contributed by atoms with E-state index in [-0.39, 0.29) is 21.6 Å². The van der Waals surface area contributed by atoms with Gasteiger partial charge in [0.2, 0.25) is 0 Å². The van der Waals surface area contributed by atoms with E-state index in [1.807, 2.05) is 0 Å². The molecule has 110 valence electrons. The molecule has 0 fully saturated rings. The van der Waals surface area contributed by atoms with Crippen LogP contribution in [0.5, 0.6) is 5.75 Å². The van der Waals surface area contributed by atoms with Crippen molar-refractivity contribution >= 4 is 21.6 Å². The van der Waals surface area contributed by atoms with Crippen molar-refractivity contribution in [2.24, 2.45) is 0 Å². The predicted molar refractivity (Wildman–Crippen MR) is 80.5 cm³/mol. The van der Waals surface area contributed by atoms with Gasteiger partial charge in [0, 0.05) is 18.2 Å². The molecule has 1 aromatic rings. The molecule has 0 spiro atoms. The predicted octanol–water partition coefficient (Wildman–Crippen LogP) is 3.99. The lowest BCUT2D eigenvalue weighted by Gasteiger charge is -2.07. The molecule has 1 aromatic carbocycles. The van der Waals surface area contributed by atoms with Crippen molar-refractivity contribution < 1.29 is 14.6 Å². The molecular formula is C13H11BrN2O5. The van der Waals surface area contributed by atoms with E-state index in [1.165, 1.54) is 24.3 Å². The number of nitro benzene ring substituents is 1. The van der Waals surface area contributed by atoms with Crippen LogP contribution in [0.3, 0.4) is 0 Å². The van der Waals surface area contributed by atoms with Crippen molar-refractivity contribution in [1.82, 2.24) is 0 Å². The molecule has 0 atom stereocenters. The molecule has 0 saturated heterocycles. The van der Waals surface area contributed by atoms with Gasteiger partial charge in [-0.1, -0.05) is 12.6 Å². The van der Waals surface area contributed by atoms with Gasteiger partial charge >= 0.3 is 0 Å². The summed E-state index contributed by atoms with van der Waals surface area (Å²) in [5.74, 6) is 0.574. The van der Waals surface area contributed by atoms with E-state index in [1.54, 1.807) is 13.0 Å². The van der Waals surface area contributed by atoms with Gasteiger partial charge in [-0.05, 0) is 35.0 Å². The van der Waals surface area contributed by atoms with Crippen LogP contribution < -0.4 is 4.74 Å². The first kappa shape index (κ1) is 16.6. The minimum absolute atomic E-state index is 0.132. The minimum Gasteiger partial charge on any atom is -0.461 e. The molecule has 0 aliphatic rings. The van der Waals surface area contributed by atoms with Gasteiger partial charge in [0.15, 0.2) is 0 Å². The molecule has 0 saturated carbocycles. The van der Waals surface area contributed by atoms with Crippen molar-refractivity contribution in [2.45, 2.75) is 6.92 Å². The lowest BCUT2D eigenvalue weighted by molar-refractivity contribution is -0.418. The second-order valence-corrected chi connectivity index (χ2v) is 4.57. The molecule has 0 amide bonds. The fourth-order valence-electron chi connectivity index (χ4n) is 1.33. The Labute approximate surface area is 128 Å². The highest BCUT2D eigenvalue weighted by molar-refractivity contribution is 9.10. The Kier molecular flexibility index (Phi) is 5.79. The number of allylic oxidation sites excluding steroid dienone is 4. The number of nitro groups is 2. The third kappa shape index (κ3) is 4.53. The smallest absolute Gasteiger partial charge is 0.287 e. The molecule has 0 bridgehead atoms. The summed E-state index contributed by atoms with van der Waals surface area (Å²) < 4.78 is 5.62. The molecule has 0 aliphatic heterocycles. The van der Waals surface area contributed by atoms with Crippen LogP contribution in [-0.4, -0.2) is 9.85 Å². The first-order valence-corrected chi connectivity index (χ1v) is 6.42. The summed E-state index contributed by atoms with van der Waals surface area (Å²) in [5, 5.41) is 21.4. The van der Waals surface area contributed by atoms with E-state index in [9.17, 15) is 20.2 Å². The number of hydrogen-bond donors (Lipinski definition) is 0. The van der Waals surface area contributed by atoms with Gasteiger partial charge in [0.1, 0.15) is 16.0 Å². The second kappa shape index (κ2) is 7.34. The highest BCUT2D eigenvalue weighted by atomic mass is 79.9. The van der Waals surface area contributed by atoms with Crippen molar-refractivity contribution in [3.05, 3.63) is 79.2 Å². The first-order chi connectivity index (χ1) is 9.86. The van der Waals surface area contributed by atoms with Crippen LogP contribution in [0.1, 0.15) is 6.92 Å². The largest absolute Gasteiger partial charge is 0.461 e. The van der Waals surface area contributed by atoms with E-state index in [0.29, 0.717) is 5.76 Å². The number of rotatable bonds is 6. The molecule has 0 aromatic heterocycles. The summed E-state index contributed by atoms with van der Waals surface area (Å²) >= 11 is 3.09. The molecule has 0 radical (unpaired) electrons. The van der Waals surface area contributed by atoms with Gasteiger partial charge in [-0.15, -0.1) is 0 Å². The zero-order valence-corrected chi connectivity index (χ0v) is 12.6. The molecule has 0 unspecified atom stereocenters. The highest BCUT2D eigenvalue weighted by Gasteiger charge is 2.16. The van der Waals surface area contributed by atoms with Crippen molar-refractivity contribution in [3.8, 4) is 5.75 Å². The van der Waals surface area contributed by atoms with Crippen molar-refractivity contribution in [1.29, 1.82) is 0 Å². The van der Waals surface area contributed by atoms with Crippen LogP contribution in [-0.2, 0) is 0 Å². The third-order valence-electron chi connectivity index (χ3n) is 2.32. The minimum atomic E-state index is -0.583. The Morgan fingerprint density at radius 1 is 1.33 bits per heavy atom. The van der Waals surface area contributed by atoms with Crippen LogP contribution in [0.2, 0.25) is 0 Å². The van der Waals surface area contributed by atoms with Gasteiger partial charge in [-0.25, -0.2) is 0 Å². The molecule has 0 N–H and O–H groups in total. The standard InChI is InChI=1S/C13H11BrN2O5/c1-3-10(15(17)18)8-7-9(2)21-12-6-4-5-11(13(12)14)16(19)20/h3-8H,1H2,2H3/b9-7+,10-8+. The average Bonchev–Trinajstić information content (AvgIpc) is 2.41. The lowest BCUT2D eigenvalue weighted by atomic mass is 10.3. The summed E-state index contributed by atoms with van der Waals surface area (Å²) in [7, 11) is 0. The molecule has 0 heterocycles. The van der Waals surface area contributed by atoms with Gasteiger partial charge in [0.05, 0.1) is 9.85 Å². The zero-order chi connectivity index (χ0) is 16.0. The highest BCUT2D eigenvalue weighted by Crippen LogP contribution is 2.34. The normalized spacial score (nSPS) is 11.9. The molecule has 1 rings (SSSR count). The van der Waals surface area contributed by atoms with Crippen LogP contribution in [0.4, 0.5) is 5.69 Å². The van der Waals surface area contributed by atoms with Gasteiger partial charge < -0.3 is 4.74 Å². The summed E-state index contributed by atoms with van der Waals surface area (Å²) in [5.41, 5.74) is -0.316. The summed E-state index contributed by atoms with van der Waals surface area (Å²) in [4.78, 5) is 20.3. The third-order valence-corrected chi connectivity index (χ3v) is 3.12. The Balaban J connectivity index is 3.01. The molecule has 0 aliphatic carbocycles. The SMILES string of the molecule is C=C/C(=C\C=C(/C)Oc1cccc([N+](=O)[O-])c1Br)[N+](=O)[O-]. The van der Waals surface area contributed by atoms with Gasteiger partial charge in [-0.3, -0.25) is 20.2 Å². The summed E-state index contributed by atoms with van der Waals surface area (Å²) in [6.45, 7) is 4.90. The topological polar surface area (TPSA) is 95.5 Å². The second-order valence-electron chi connectivity index (χ2n) is 3.78. The van der Waals surface area contributed by atoms with E-state index in [2.05, 4.69) is 22.5 Å². The number of ether oxygens (including phenoxy) is 1. The van der Waals surface area contributed by atoms with E-state index in [4.69, 9.17) is 4.74 Å². The number of benzene rings is 1. The summed E-state index contributed by atoms with van der Waals surface area (Å²) in [6.07, 6.45) is 3.71. The van der Waals surface area contributed by atoms with Gasteiger partial charge in [0.25, 0.3) is 11.4 Å². The van der Waals surface area contributed by atoms with Crippen LogP contribution >= 0.6 is 15.9 Å². The first-order valence-electron chi connectivity index (χ1n) is 5.63. The van der Waals surface area contributed by atoms with Crippen molar-refractivity contribution in [2.75, 3.05) is 0 Å². The van der Waals surface area contributed by atoms with E-state index in [0.717, 1.165) is 6.08 Å². The maximum absolute atomic E-state index is 10.8. The molecule has 21 heavy (non-hydrogen) atoms. The van der Waals surface area contributed by atoms with Crippen molar-refractivity contribution in [3.63, 3.8) is 0 Å². The van der Waals surface area contributed by atoms with Crippen LogP contribution in [0.15, 0.2) is 58.9 Å². The van der Waals surface area contributed by atoms with Crippen LogP contribution in [0, 0.1) is 20.2 Å². The quantitative estimate of drug-likeness (QED) is 0.333. The average molecular weight is 355 g/mol. The number of nitrogens with zero attached hydrogens (tertiary/aromatic N) is 2. The molecule has 8 heteroatoms. The molecule has 7 nitrogen and oxygen atoms in total. The maximum atomic E-state index is 10.8. The zero-order valence-electron chi connectivity index (χ0n) is 11.0. The number of hydrogen-bond acceptors (Lipinski definition) is 5. The molecular weight excluding hydrogens is 344 g/mol. The lowest BCUT2D eigenvalue weighted by Crippen LogP contribution is -1.96. The Morgan fingerprint density at radius 2 is 2.00 bits per heavy atom. The Bertz CT molecular complexity index is 652. The fraction of sp³-hybridized carbons (Fsp3) is 0.0769. The summed E-state index contributed by atoms with van der Waals surface area (Å²) in [6, 6.07) is 4.35. The fourth-order valence-corrected chi connectivity index (χ4v) is 1.82. The Hall–Kier alpha value is -2.48. The van der Waals surface area contributed by atoms with Gasteiger partial charge in [-0.2, -0.15) is 0 Å².